The zero-order valence-corrected chi connectivity index (χ0v) is 9.72. The number of alkyl halides is 1. The molecule has 0 heterocycles. The van der Waals surface area contributed by atoms with E-state index in [2.05, 4.69) is 5.32 Å². The van der Waals surface area contributed by atoms with E-state index < -0.39 is 6.67 Å². The van der Waals surface area contributed by atoms with Crippen LogP contribution in [0.4, 0.5) is 4.39 Å². The summed E-state index contributed by atoms with van der Waals surface area (Å²) in [7, 11) is 0. The number of carbonyl (C=O) groups excluding carboxylic acids is 1. The summed E-state index contributed by atoms with van der Waals surface area (Å²) in [4.78, 5) is 11.3. The maximum Gasteiger partial charge on any atom is 0.244 e. The van der Waals surface area contributed by atoms with Crippen LogP contribution >= 0.6 is 11.6 Å². The van der Waals surface area contributed by atoms with Crippen LogP contribution in [-0.2, 0) is 4.79 Å². The summed E-state index contributed by atoms with van der Waals surface area (Å²) in [6.45, 7) is 1.29. The number of rotatable bonds is 4. The molecule has 1 amide bonds. The Bertz CT molecular complexity index is 404. The summed E-state index contributed by atoms with van der Waals surface area (Å²) >= 11 is 5.83. The lowest BCUT2D eigenvalue weighted by Gasteiger charge is -2.02. The molecule has 16 heavy (non-hydrogen) atoms. The molecule has 0 unspecified atom stereocenters. The third-order valence-electron chi connectivity index (χ3n) is 2.02. The van der Waals surface area contributed by atoms with Crippen LogP contribution in [0.5, 0.6) is 0 Å². The topological polar surface area (TPSA) is 29.1 Å². The number of carbonyl (C=O) groups is 1. The molecule has 0 saturated carbocycles. The average molecular weight is 242 g/mol. The van der Waals surface area contributed by atoms with Gasteiger partial charge in [-0.2, -0.15) is 0 Å². The molecule has 1 N–H and O–H groups in total. The minimum absolute atomic E-state index is 0.0398. The van der Waals surface area contributed by atoms with Crippen LogP contribution in [0.15, 0.2) is 30.3 Å². The second kappa shape index (κ2) is 6.28. The summed E-state index contributed by atoms with van der Waals surface area (Å²) in [6, 6.07) is 7.21. The fourth-order valence-electron chi connectivity index (χ4n) is 1.24. The van der Waals surface area contributed by atoms with Crippen molar-refractivity contribution in [3.8, 4) is 0 Å². The fraction of sp³-hybridized carbons (Fsp3) is 0.250. The summed E-state index contributed by atoms with van der Waals surface area (Å²) in [5.74, 6) is -0.296. The number of benzene rings is 1. The Balaban J connectivity index is 2.73. The predicted molar refractivity (Wildman–Crippen MR) is 64.1 cm³/mol. The molecule has 4 heteroatoms. The molecule has 0 radical (unpaired) electrons. The van der Waals surface area contributed by atoms with E-state index in [1.165, 1.54) is 6.08 Å². The van der Waals surface area contributed by atoms with Gasteiger partial charge in [0.1, 0.15) is 6.67 Å². The van der Waals surface area contributed by atoms with Crippen LogP contribution in [0.3, 0.4) is 0 Å². The number of amides is 1. The van der Waals surface area contributed by atoms with Gasteiger partial charge in [0.05, 0.1) is 0 Å². The molecule has 0 saturated heterocycles. The first-order chi connectivity index (χ1) is 7.63. The Kier molecular flexibility index (Phi) is 4.99. The largest absolute Gasteiger partial charge is 0.350 e. The van der Waals surface area contributed by atoms with Gasteiger partial charge in [-0.25, -0.2) is 4.39 Å². The van der Waals surface area contributed by atoms with Crippen molar-refractivity contribution in [3.05, 3.63) is 40.9 Å². The van der Waals surface area contributed by atoms with Crippen molar-refractivity contribution in [2.45, 2.75) is 6.92 Å². The Morgan fingerprint density at radius 1 is 1.56 bits per heavy atom. The number of nitrogens with one attached hydrogen (secondary N) is 1. The van der Waals surface area contributed by atoms with E-state index in [1.54, 1.807) is 19.1 Å². The smallest absolute Gasteiger partial charge is 0.244 e. The lowest BCUT2D eigenvalue weighted by molar-refractivity contribution is -0.116. The molecule has 0 atom stereocenters. The van der Waals surface area contributed by atoms with Gasteiger partial charge >= 0.3 is 0 Å². The maximum absolute atomic E-state index is 11.8. The van der Waals surface area contributed by atoms with Crippen molar-refractivity contribution in [2.24, 2.45) is 0 Å². The van der Waals surface area contributed by atoms with Crippen LogP contribution in [0.1, 0.15) is 12.5 Å². The SMILES string of the molecule is C/C(=C\C(=O)NCCF)c1cccc(Cl)c1. The lowest BCUT2D eigenvalue weighted by atomic mass is 10.1. The van der Waals surface area contributed by atoms with Gasteiger partial charge in [0.25, 0.3) is 0 Å². The monoisotopic (exact) mass is 241 g/mol. The van der Waals surface area contributed by atoms with Crippen molar-refractivity contribution in [1.82, 2.24) is 5.32 Å². The second-order valence-corrected chi connectivity index (χ2v) is 3.75. The average Bonchev–Trinajstić information content (AvgIpc) is 2.26. The molecule has 1 rings (SSSR count). The highest BCUT2D eigenvalue weighted by Gasteiger charge is 2.00. The Morgan fingerprint density at radius 3 is 2.94 bits per heavy atom. The molecular formula is C12H13ClFNO. The molecule has 0 aliphatic heterocycles. The van der Waals surface area contributed by atoms with Crippen LogP contribution < -0.4 is 5.32 Å². The Hall–Kier alpha value is -1.35. The minimum Gasteiger partial charge on any atom is -0.350 e. The fourth-order valence-corrected chi connectivity index (χ4v) is 1.43. The van der Waals surface area contributed by atoms with Gasteiger partial charge < -0.3 is 5.32 Å². The number of hydrogen-bond donors (Lipinski definition) is 1. The van der Waals surface area contributed by atoms with Crippen molar-refractivity contribution >= 4 is 23.1 Å². The molecule has 0 aromatic heterocycles. The van der Waals surface area contributed by atoms with Gasteiger partial charge in [-0.05, 0) is 30.2 Å². The Morgan fingerprint density at radius 2 is 2.31 bits per heavy atom. The minimum atomic E-state index is -0.560. The normalized spacial score (nSPS) is 11.3. The first-order valence-corrected chi connectivity index (χ1v) is 5.29. The maximum atomic E-state index is 11.8. The van der Waals surface area contributed by atoms with Gasteiger partial charge in [-0.15, -0.1) is 0 Å². The van der Waals surface area contributed by atoms with E-state index in [-0.39, 0.29) is 12.5 Å². The van der Waals surface area contributed by atoms with Gasteiger partial charge in [-0.3, -0.25) is 4.79 Å². The van der Waals surface area contributed by atoms with Gasteiger partial charge in [0, 0.05) is 17.6 Å². The second-order valence-electron chi connectivity index (χ2n) is 3.32. The molecule has 2 nitrogen and oxygen atoms in total. The van der Waals surface area contributed by atoms with E-state index in [0.717, 1.165) is 11.1 Å². The van der Waals surface area contributed by atoms with Crippen LogP contribution in [0.25, 0.3) is 5.57 Å². The van der Waals surface area contributed by atoms with Crippen LogP contribution in [0, 0.1) is 0 Å². The third kappa shape index (κ3) is 4.03. The molecule has 0 aliphatic carbocycles. The third-order valence-corrected chi connectivity index (χ3v) is 2.26. The zero-order chi connectivity index (χ0) is 12.0. The molecule has 1 aromatic rings. The summed E-state index contributed by atoms with van der Waals surface area (Å²) < 4.78 is 11.8. The van der Waals surface area contributed by atoms with E-state index in [9.17, 15) is 9.18 Å². The van der Waals surface area contributed by atoms with Crippen molar-refractivity contribution < 1.29 is 9.18 Å². The highest BCUT2D eigenvalue weighted by Crippen LogP contribution is 2.17. The molecule has 86 valence electrons. The number of halogens is 2. The van der Waals surface area contributed by atoms with Crippen LogP contribution in [-0.4, -0.2) is 19.1 Å². The summed E-state index contributed by atoms with van der Waals surface area (Å²) in [6.07, 6.45) is 1.43. The van der Waals surface area contributed by atoms with Gasteiger partial charge in [0.2, 0.25) is 5.91 Å². The van der Waals surface area contributed by atoms with Gasteiger partial charge in [0.15, 0.2) is 0 Å². The zero-order valence-electron chi connectivity index (χ0n) is 8.97. The van der Waals surface area contributed by atoms with E-state index >= 15 is 0 Å². The molecule has 0 fully saturated rings. The first kappa shape index (κ1) is 12.7. The van der Waals surface area contributed by atoms with Crippen LogP contribution in [0.2, 0.25) is 5.02 Å². The quantitative estimate of drug-likeness (QED) is 0.807. The summed E-state index contributed by atoms with van der Waals surface area (Å²) in [5.41, 5.74) is 1.67. The van der Waals surface area contributed by atoms with E-state index in [0.29, 0.717) is 5.02 Å². The predicted octanol–water partition coefficient (Wildman–Crippen LogP) is 2.83. The first-order valence-electron chi connectivity index (χ1n) is 4.91. The number of hydrogen-bond acceptors (Lipinski definition) is 1. The molecule has 0 spiro atoms. The molecule has 0 bridgehead atoms. The number of allylic oxidation sites excluding steroid dienone is 1. The van der Waals surface area contributed by atoms with Crippen molar-refractivity contribution in [1.29, 1.82) is 0 Å². The van der Waals surface area contributed by atoms with E-state index in [1.807, 2.05) is 12.1 Å². The Labute approximate surface area is 99.1 Å². The lowest BCUT2D eigenvalue weighted by Crippen LogP contribution is -2.23. The standard InChI is InChI=1S/C12H13ClFNO/c1-9(7-12(16)15-6-5-14)10-3-2-4-11(13)8-10/h2-4,7-8H,5-6H2,1H3,(H,15,16)/b9-7+. The molecule has 1 aromatic carbocycles. The summed E-state index contributed by atoms with van der Waals surface area (Å²) in [5, 5.41) is 3.04. The highest BCUT2D eigenvalue weighted by atomic mass is 35.5. The van der Waals surface area contributed by atoms with Gasteiger partial charge in [-0.1, -0.05) is 23.7 Å². The molecule has 0 aliphatic rings. The highest BCUT2D eigenvalue weighted by molar-refractivity contribution is 6.30. The molecular weight excluding hydrogens is 229 g/mol. The van der Waals surface area contributed by atoms with E-state index in [4.69, 9.17) is 11.6 Å². The van der Waals surface area contributed by atoms with Crippen molar-refractivity contribution in [2.75, 3.05) is 13.2 Å². The van der Waals surface area contributed by atoms with Crippen molar-refractivity contribution in [3.63, 3.8) is 0 Å².